The Morgan fingerprint density at radius 1 is 1.20 bits per heavy atom. The minimum Gasteiger partial charge on any atom is -0.456 e. The fourth-order valence-electron chi connectivity index (χ4n) is 1.49. The second-order valence-corrected chi connectivity index (χ2v) is 5.40. The Hall–Kier alpha value is -2.04. The molecule has 0 aliphatic rings. The number of ether oxygens (including phenoxy) is 2. The number of alkyl carbamates (subject to hydrolysis) is 1. The molecule has 1 amide bonds. The summed E-state index contributed by atoms with van der Waals surface area (Å²) in [5.41, 5.74) is 0.309. The molecule has 5 heteroatoms. The van der Waals surface area contributed by atoms with Crippen LogP contribution in [0.3, 0.4) is 0 Å². The zero-order valence-electron chi connectivity index (χ0n) is 12.3. The van der Waals surface area contributed by atoms with Crippen LogP contribution in [-0.2, 0) is 14.3 Å². The minimum absolute atomic E-state index is 0.216. The number of rotatable bonds is 4. The number of hydrogen-bond donors (Lipinski definition) is 1. The van der Waals surface area contributed by atoms with Gasteiger partial charge in [-0.2, -0.15) is 0 Å². The Morgan fingerprint density at radius 2 is 1.80 bits per heavy atom. The van der Waals surface area contributed by atoms with Crippen LogP contribution < -0.4 is 5.32 Å². The third kappa shape index (κ3) is 6.22. The van der Waals surface area contributed by atoms with E-state index in [9.17, 15) is 9.59 Å². The Labute approximate surface area is 119 Å². The molecular weight excluding hydrogens is 258 g/mol. The van der Waals surface area contributed by atoms with Gasteiger partial charge in [-0.3, -0.25) is 4.79 Å². The van der Waals surface area contributed by atoms with Crippen LogP contribution in [0.5, 0.6) is 0 Å². The fourth-order valence-corrected chi connectivity index (χ4v) is 1.49. The molecule has 0 aromatic heterocycles. The first-order valence-electron chi connectivity index (χ1n) is 6.49. The lowest BCUT2D eigenvalue weighted by Crippen LogP contribution is -2.36. The molecule has 110 valence electrons. The summed E-state index contributed by atoms with van der Waals surface area (Å²) in [6.45, 7) is 6.82. The van der Waals surface area contributed by atoms with Crippen molar-refractivity contribution in [2.75, 3.05) is 6.54 Å². The van der Waals surface area contributed by atoms with Crippen molar-refractivity contribution in [1.29, 1.82) is 0 Å². The molecule has 1 aromatic carbocycles. The quantitative estimate of drug-likeness (QED) is 0.861. The molecule has 0 aliphatic heterocycles. The second kappa shape index (κ2) is 6.93. The van der Waals surface area contributed by atoms with Gasteiger partial charge in [-0.1, -0.05) is 30.3 Å². The Bertz CT molecular complexity index is 451. The van der Waals surface area contributed by atoms with E-state index < -0.39 is 17.7 Å². The van der Waals surface area contributed by atoms with E-state index in [0.717, 1.165) is 5.56 Å². The summed E-state index contributed by atoms with van der Waals surface area (Å²) in [6.07, 6.45) is -0.994. The first-order chi connectivity index (χ1) is 9.28. The van der Waals surface area contributed by atoms with Crippen molar-refractivity contribution in [2.24, 2.45) is 0 Å². The minimum atomic E-state index is -0.637. The maximum Gasteiger partial charge on any atom is 0.408 e. The van der Waals surface area contributed by atoms with Gasteiger partial charge >= 0.3 is 12.1 Å². The zero-order chi connectivity index (χ0) is 15.2. The van der Waals surface area contributed by atoms with Gasteiger partial charge in [0.2, 0.25) is 0 Å². The van der Waals surface area contributed by atoms with Gasteiger partial charge in [0.05, 0.1) is 0 Å². The zero-order valence-corrected chi connectivity index (χ0v) is 12.3. The van der Waals surface area contributed by atoms with E-state index in [0.29, 0.717) is 0 Å². The average Bonchev–Trinajstić information content (AvgIpc) is 2.35. The number of benzene rings is 1. The normalized spacial score (nSPS) is 12.4. The Kier molecular flexibility index (Phi) is 5.55. The second-order valence-electron chi connectivity index (χ2n) is 5.40. The SMILES string of the molecule is C[C@H](OC(=O)CNC(=O)OC(C)(C)C)c1ccccc1. The predicted octanol–water partition coefficient (Wildman–Crippen LogP) is 2.82. The number of amides is 1. The lowest BCUT2D eigenvalue weighted by Gasteiger charge is -2.19. The van der Waals surface area contributed by atoms with Crippen molar-refractivity contribution in [1.82, 2.24) is 5.32 Å². The van der Waals surface area contributed by atoms with Crippen molar-refractivity contribution >= 4 is 12.1 Å². The molecule has 0 bridgehead atoms. The van der Waals surface area contributed by atoms with E-state index >= 15 is 0 Å². The van der Waals surface area contributed by atoms with Crippen LogP contribution in [0.15, 0.2) is 30.3 Å². The number of hydrogen-bond acceptors (Lipinski definition) is 4. The predicted molar refractivity (Wildman–Crippen MR) is 75.2 cm³/mol. The Balaban J connectivity index is 2.36. The van der Waals surface area contributed by atoms with E-state index in [1.165, 1.54) is 0 Å². The molecule has 5 nitrogen and oxygen atoms in total. The van der Waals surface area contributed by atoms with E-state index in [2.05, 4.69) is 5.32 Å². The summed E-state index contributed by atoms with van der Waals surface area (Å²) >= 11 is 0. The van der Waals surface area contributed by atoms with Crippen molar-refractivity contribution in [2.45, 2.75) is 39.4 Å². The molecule has 1 aromatic rings. The standard InChI is InChI=1S/C15H21NO4/c1-11(12-8-6-5-7-9-12)19-13(17)10-16-14(18)20-15(2,3)4/h5-9,11H,10H2,1-4H3,(H,16,18)/t11-/m0/s1. The molecule has 20 heavy (non-hydrogen) atoms. The highest BCUT2D eigenvalue weighted by Gasteiger charge is 2.17. The summed E-state index contributed by atoms with van der Waals surface area (Å²) in [5.74, 6) is -0.507. The van der Waals surface area contributed by atoms with E-state index in [1.54, 1.807) is 27.7 Å². The number of carbonyl (C=O) groups is 2. The van der Waals surface area contributed by atoms with Crippen molar-refractivity contribution < 1.29 is 19.1 Å². The first kappa shape index (κ1) is 16.0. The molecule has 1 rings (SSSR count). The molecule has 0 fully saturated rings. The molecule has 1 atom stereocenters. The van der Waals surface area contributed by atoms with Gasteiger partial charge in [0.15, 0.2) is 0 Å². The molecule has 0 aliphatic carbocycles. The molecule has 0 spiro atoms. The van der Waals surface area contributed by atoms with Gasteiger partial charge < -0.3 is 14.8 Å². The monoisotopic (exact) mass is 279 g/mol. The Morgan fingerprint density at radius 3 is 2.35 bits per heavy atom. The smallest absolute Gasteiger partial charge is 0.408 e. The van der Waals surface area contributed by atoms with E-state index in [-0.39, 0.29) is 12.6 Å². The summed E-state index contributed by atoms with van der Waals surface area (Å²) < 4.78 is 10.2. The highest BCUT2D eigenvalue weighted by molar-refractivity contribution is 5.78. The first-order valence-corrected chi connectivity index (χ1v) is 6.49. The van der Waals surface area contributed by atoms with Gasteiger partial charge in [-0.05, 0) is 33.3 Å². The molecule has 1 N–H and O–H groups in total. The largest absolute Gasteiger partial charge is 0.456 e. The maximum atomic E-state index is 11.6. The number of esters is 1. The molecular formula is C15H21NO4. The molecule has 0 unspecified atom stereocenters. The van der Waals surface area contributed by atoms with Crippen LogP contribution in [-0.4, -0.2) is 24.2 Å². The van der Waals surface area contributed by atoms with Gasteiger partial charge in [0.25, 0.3) is 0 Å². The molecule has 0 radical (unpaired) electrons. The van der Waals surface area contributed by atoms with Crippen molar-refractivity contribution in [3.63, 3.8) is 0 Å². The van der Waals surface area contributed by atoms with E-state index in [4.69, 9.17) is 9.47 Å². The van der Waals surface area contributed by atoms with Crippen molar-refractivity contribution in [3.05, 3.63) is 35.9 Å². The van der Waals surface area contributed by atoms with Gasteiger partial charge in [-0.25, -0.2) is 4.79 Å². The van der Waals surface area contributed by atoms with Gasteiger partial charge in [0, 0.05) is 0 Å². The average molecular weight is 279 g/mol. The van der Waals surface area contributed by atoms with Crippen LogP contribution >= 0.6 is 0 Å². The number of nitrogens with one attached hydrogen (secondary N) is 1. The molecule has 0 heterocycles. The lowest BCUT2D eigenvalue weighted by atomic mass is 10.1. The highest BCUT2D eigenvalue weighted by atomic mass is 16.6. The third-order valence-electron chi connectivity index (χ3n) is 2.35. The molecule has 0 saturated heterocycles. The highest BCUT2D eigenvalue weighted by Crippen LogP contribution is 2.15. The van der Waals surface area contributed by atoms with Crippen LogP contribution in [0.25, 0.3) is 0 Å². The number of carbonyl (C=O) groups excluding carboxylic acids is 2. The lowest BCUT2D eigenvalue weighted by molar-refractivity contribution is -0.147. The van der Waals surface area contributed by atoms with Gasteiger partial charge in [-0.15, -0.1) is 0 Å². The summed E-state index contributed by atoms with van der Waals surface area (Å²) in [6, 6.07) is 9.39. The van der Waals surface area contributed by atoms with Crippen molar-refractivity contribution in [3.8, 4) is 0 Å². The maximum absolute atomic E-state index is 11.6. The van der Waals surface area contributed by atoms with E-state index in [1.807, 2.05) is 30.3 Å². The third-order valence-corrected chi connectivity index (χ3v) is 2.35. The van der Waals surface area contributed by atoms with Crippen LogP contribution in [0, 0.1) is 0 Å². The van der Waals surface area contributed by atoms with Crippen LogP contribution in [0.4, 0.5) is 4.79 Å². The topological polar surface area (TPSA) is 64.6 Å². The summed E-state index contributed by atoms with van der Waals surface area (Å²) in [7, 11) is 0. The van der Waals surface area contributed by atoms with Crippen LogP contribution in [0.1, 0.15) is 39.4 Å². The summed E-state index contributed by atoms with van der Waals surface area (Å²) in [5, 5.41) is 2.36. The fraction of sp³-hybridized carbons (Fsp3) is 0.467. The molecule has 0 saturated carbocycles. The van der Waals surface area contributed by atoms with Gasteiger partial charge in [0.1, 0.15) is 18.2 Å². The van der Waals surface area contributed by atoms with Crippen LogP contribution in [0.2, 0.25) is 0 Å². The summed E-state index contributed by atoms with van der Waals surface area (Å²) in [4.78, 5) is 23.0.